The monoisotopic (exact) mass is 229 g/mol. The van der Waals surface area contributed by atoms with Crippen molar-refractivity contribution >= 4 is 0 Å². The van der Waals surface area contributed by atoms with E-state index in [1.165, 1.54) is 25.7 Å². The van der Waals surface area contributed by atoms with Crippen LogP contribution in [0.1, 0.15) is 45.1 Å². The molecule has 2 bridgehead atoms. The Morgan fingerprint density at radius 3 is 2.59 bits per heavy atom. The molecule has 17 heavy (non-hydrogen) atoms. The quantitative estimate of drug-likeness (QED) is 0.777. The average Bonchev–Trinajstić information content (AvgIpc) is 2.28. The molecule has 2 fully saturated rings. The van der Waals surface area contributed by atoms with Crippen LogP contribution in [0.2, 0.25) is 0 Å². The summed E-state index contributed by atoms with van der Waals surface area (Å²) in [5.74, 6) is 0.856. The fourth-order valence-corrected chi connectivity index (χ4v) is 4.36. The molecule has 0 amide bonds. The van der Waals surface area contributed by atoms with E-state index in [-0.39, 0.29) is 0 Å². The highest BCUT2D eigenvalue weighted by Crippen LogP contribution is 2.47. The molecule has 0 aromatic heterocycles. The Labute approximate surface area is 105 Å². The molecule has 4 atom stereocenters. The van der Waals surface area contributed by atoms with Crippen LogP contribution in [0.3, 0.4) is 0 Å². The van der Waals surface area contributed by atoms with Crippen molar-refractivity contribution in [1.82, 2.24) is 5.32 Å². The van der Waals surface area contributed by atoms with Gasteiger partial charge in [0.25, 0.3) is 0 Å². The third-order valence-electron chi connectivity index (χ3n) is 4.67. The molecule has 1 saturated carbocycles. The van der Waals surface area contributed by atoms with Crippen molar-refractivity contribution in [2.45, 2.75) is 57.0 Å². The first-order valence-electron chi connectivity index (χ1n) is 6.99. The maximum Gasteiger partial charge on any atom is 0.00805 e. The number of fused-ring (bicyclic) bond motifs is 2. The summed E-state index contributed by atoms with van der Waals surface area (Å²) in [5.41, 5.74) is 2.03. The zero-order chi connectivity index (χ0) is 11.9. The number of nitrogens with one attached hydrogen (secondary N) is 1. The van der Waals surface area contributed by atoms with Crippen molar-refractivity contribution in [1.29, 1.82) is 0 Å². The first-order chi connectivity index (χ1) is 8.18. The molecule has 1 aliphatic carbocycles. The number of rotatable bonds is 1. The van der Waals surface area contributed by atoms with Crippen LogP contribution in [-0.2, 0) is 5.41 Å². The third kappa shape index (κ3) is 2.01. The minimum absolute atomic E-state index is 0.453. The van der Waals surface area contributed by atoms with E-state index >= 15 is 0 Å². The molecule has 0 spiro atoms. The van der Waals surface area contributed by atoms with Crippen molar-refractivity contribution in [3.8, 4) is 0 Å². The van der Waals surface area contributed by atoms with Gasteiger partial charge in [-0.2, -0.15) is 0 Å². The molecule has 92 valence electrons. The van der Waals surface area contributed by atoms with Gasteiger partial charge in [0, 0.05) is 12.1 Å². The molecule has 1 aromatic carbocycles. The predicted octanol–water partition coefficient (Wildman–Crippen LogP) is 3.49. The van der Waals surface area contributed by atoms with Crippen molar-refractivity contribution < 1.29 is 0 Å². The Bertz CT molecular complexity index is 364. The second-order valence-electron chi connectivity index (χ2n) is 6.36. The number of hydrogen-bond donors (Lipinski definition) is 1. The van der Waals surface area contributed by atoms with Crippen LogP contribution in [0, 0.1) is 5.92 Å². The summed E-state index contributed by atoms with van der Waals surface area (Å²) in [6.07, 6.45) is 5.38. The summed E-state index contributed by atoms with van der Waals surface area (Å²) in [7, 11) is 0. The van der Waals surface area contributed by atoms with Gasteiger partial charge in [-0.25, -0.2) is 0 Å². The van der Waals surface area contributed by atoms with Crippen molar-refractivity contribution in [3.63, 3.8) is 0 Å². The van der Waals surface area contributed by atoms with E-state index in [0.29, 0.717) is 11.5 Å². The number of piperidine rings is 1. The lowest BCUT2D eigenvalue weighted by molar-refractivity contribution is 0.113. The van der Waals surface area contributed by atoms with Gasteiger partial charge in [-0.1, -0.05) is 37.3 Å². The SMILES string of the molecule is CC1CC2CC(c3ccccc3)(C1)CC(C)N2. The molecular weight excluding hydrogens is 206 g/mol. The van der Waals surface area contributed by atoms with Gasteiger partial charge in [-0.3, -0.25) is 0 Å². The zero-order valence-electron chi connectivity index (χ0n) is 10.9. The van der Waals surface area contributed by atoms with Crippen LogP contribution < -0.4 is 5.32 Å². The summed E-state index contributed by atoms with van der Waals surface area (Å²) in [6, 6.07) is 12.6. The van der Waals surface area contributed by atoms with E-state index in [4.69, 9.17) is 0 Å². The zero-order valence-corrected chi connectivity index (χ0v) is 10.9. The molecule has 1 nitrogen and oxygen atoms in total. The Morgan fingerprint density at radius 2 is 1.82 bits per heavy atom. The summed E-state index contributed by atoms with van der Waals surface area (Å²) in [4.78, 5) is 0. The van der Waals surface area contributed by atoms with Crippen LogP contribution in [0.5, 0.6) is 0 Å². The highest BCUT2D eigenvalue weighted by atomic mass is 15.0. The summed E-state index contributed by atoms with van der Waals surface area (Å²) in [6.45, 7) is 4.77. The van der Waals surface area contributed by atoms with Crippen molar-refractivity contribution in [2.24, 2.45) is 5.92 Å². The van der Waals surface area contributed by atoms with Gasteiger partial charge in [-0.15, -0.1) is 0 Å². The highest BCUT2D eigenvalue weighted by Gasteiger charge is 2.44. The summed E-state index contributed by atoms with van der Waals surface area (Å²) >= 11 is 0. The molecule has 4 unspecified atom stereocenters. The second-order valence-corrected chi connectivity index (χ2v) is 6.36. The summed E-state index contributed by atoms with van der Waals surface area (Å²) in [5, 5.41) is 3.77. The van der Waals surface area contributed by atoms with Gasteiger partial charge in [0.15, 0.2) is 0 Å². The maximum absolute atomic E-state index is 3.77. The summed E-state index contributed by atoms with van der Waals surface area (Å²) < 4.78 is 0. The van der Waals surface area contributed by atoms with Crippen LogP contribution in [0.25, 0.3) is 0 Å². The Hall–Kier alpha value is -0.820. The number of benzene rings is 1. The molecule has 1 heterocycles. The Morgan fingerprint density at radius 1 is 1.06 bits per heavy atom. The highest BCUT2D eigenvalue weighted by molar-refractivity contribution is 5.28. The van der Waals surface area contributed by atoms with E-state index in [0.717, 1.165) is 12.0 Å². The van der Waals surface area contributed by atoms with E-state index < -0.39 is 0 Å². The van der Waals surface area contributed by atoms with Crippen LogP contribution >= 0.6 is 0 Å². The Kier molecular flexibility index (Phi) is 2.74. The maximum atomic E-state index is 3.77. The fraction of sp³-hybridized carbons (Fsp3) is 0.625. The Balaban J connectivity index is 1.97. The van der Waals surface area contributed by atoms with Crippen LogP contribution in [-0.4, -0.2) is 12.1 Å². The lowest BCUT2D eigenvalue weighted by Gasteiger charge is -2.51. The van der Waals surface area contributed by atoms with E-state index in [9.17, 15) is 0 Å². The van der Waals surface area contributed by atoms with Gasteiger partial charge in [0.1, 0.15) is 0 Å². The molecule has 1 saturated heterocycles. The molecule has 0 radical (unpaired) electrons. The first-order valence-corrected chi connectivity index (χ1v) is 6.99. The molecular formula is C16H23N. The largest absolute Gasteiger partial charge is 0.311 e. The lowest BCUT2D eigenvalue weighted by Crippen LogP contribution is -2.55. The first kappa shape index (κ1) is 11.3. The normalized spacial score (nSPS) is 41.2. The second kappa shape index (κ2) is 4.13. The third-order valence-corrected chi connectivity index (χ3v) is 4.67. The van der Waals surface area contributed by atoms with Gasteiger partial charge in [0.05, 0.1) is 0 Å². The molecule has 1 N–H and O–H groups in total. The smallest absolute Gasteiger partial charge is 0.00805 e. The molecule has 1 aliphatic heterocycles. The molecule has 3 rings (SSSR count). The van der Waals surface area contributed by atoms with Gasteiger partial charge >= 0.3 is 0 Å². The van der Waals surface area contributed by atoms with E-state index in [2.05, 4.69) is 49.5 Å². The number of hydrogen-bond acceptors (Lipinski definition) is 1. The average molecular weight is 229 g/mol. The van der Waals surface area contributed by atoms with Crippen LogP contribution in [0.4, 0.5) is 0 Å². The van der Waals surface area contributed by atoms with Crippen molar-refractivity contribution in [3.05, 3.63) is 35.9 Å². The van der Waals surface area contributed by atoms with Gasteiger partial charge < -0.3 is 5.32 Å². The van der Waals surface area contributed by atoms with E-state index in [1.807, 2.05) is 0 Å². The molecule has 1 heteroatoms. The predicted molar refractivity (Wildman–Crippen MR) is 72.1 cm³/mol. The topological polar surface area (TPSA) is 12.0 Å². The minimum atomic E-state index is 0.453. The molecule has 2 aliphatic rings. The fourth-order valence-electron chi connectivity index (χ4n) is 4.36. The van der Waals surface area contributed by atoms with Crippen molar-refractivity contribution in [2.75, 3.05) is 0 Å². The standard InChI is InChI=1S/C16H23N/c1-12-8-15-11-16(9-12,10-13(2)17-15)14-6-4-3-5-7-14/h3-7,12-13,15,17H,8-11H2,1-2H3. The lowest BCUT2D eigenvalue weighted by atomic mass is 9.60. The minimum Gasteiger partial charge on any atom is -0.311 e. The van der Waals surface area contributed by atoms with E-state index in [1.54, 1.807) is 5.56 Å². The van der Waals surface area contributed by atoms with Crippen LogP contribution in [0.15, 0.2) is 30.3 Å². The van der Waals surface area contributed by atoms with Gasteiger partial charge in [0.2, 0.25) is 0 Å². The van der Waals surface area contributed by atoms with Gasteiger partial charge in [-0.05, 0) is 49.5 Å². The molecule has 1 aromatic rings.